The SMILES string of the molecule is NCc1cnn2cc(C(NC(=O)c3ccccc3)C3CCCCC3)nc2c1. The summed E-state index contributed by atoms with van der Waals surface area (Å²) in [6.07, 6.45) is 9.57. The highest BCUT2D eigenvalue weighted by atomic mass is 16.1. The normalized spacial score (nSPS) is 16.3. The fourth-order valence-corrected chi connectivity index (χ4v) is 3.91. The Morgan fingerprint density at radius 1 is 1.22 bits per heavy atom. The van der Waals surface area contributed by atoms with Gasteiger partial charge in [-0.05, 0) is 42.5 Å². The predicted octanol–water partition coefficient (Wildman–Crippen LogP) is 3.24. The molecule has 0 saturated heterocycles. The Morgan fingerprint density at radius 3 is 2.74 bits per heavy atom. The number of nitrogens with one attached hydrogen (secondary N) is 1. The number of hydrogen-bond acceptors (Lipinski definition) is 4. The molecule has 0 radical (unpaired) electrons. The maximum absolute atomic E-state index is 12.8. The van der Waals surface area contributed by atoms with Crippen molar-refractivity contribution in [3.05, 3.63) is 65.6 Å². The highest BCUT2D eigenvalue weighted by molar-refractivity contribution is 5.94. The van der Waals surface area contributed by atoms with Crippen LogP contribution in [0.1, 0.15) is 59.8 Å². The Hall–Kier alpha value is -2.73. The zero-order valence-electron chi connectivity index (χ0n) is 15.3. The highest BCUT2D eigenvalue weighted by Crippen LogP contribution is 2.34. The molecule has 0 aliphatic heterocycles. The van der Waals surface area contributed by atoms with Crippen molar-refractivity contribution in [1.29, 1.82) is 0 Å². The number of carbonyl (C=O) groups excluding carboxylic acids is 1. The second-order valence-corrected chi connectivity index (χ2v) is 7.25. The van der Waals surface area contributed by atoms with E-state index in [0.29, 0.717) is 18.0 Å². The first-order chi connectivity index (χ1) is 13.2. The Morgan fingerprint density at radius 2 is 2.00 bits per heavy atom. The van der Waals surface area contributed by atoms with Crippen molar-refractivity contribution in [2.75, 3.05) is 0 Å². The first-order valence-corrected chi connectivity index (χ1v) is 9.65. The zero-order chi connectivity index (χ0) is 18.6. The summed E-state index contributed by atoms with van der Waals surface area (Å²) in [6, 6.07) is 11.2. The molecule has 2 heterocycles. The van der Waals surface area contributed by atoms with E-state index < -0.39 is 0 Å². The van der Waals surface area contributed by atoms with E-state index in [4.69, 9.17) is 10.7 Å². The molecule has 1 atom stereocenters. The molecule has 2 aromatic heterocycles. The van der Waals surface area contributed by atoms with E-state index in [0.717, 1.165) is 29.7 Å². The number of benzene rings is 1. The lowest BCUT2D eigenvalue weighted by Gasteiger charge is -2.29. The summed E-state index contributed by atoms with van der Waals surface area (Å²) in [4.78, 5) is 17.6. The lowest BCUT2D eigenvalue weighted by molar-refractivity contribution is 0.0911. The monoisotopic (exact) mass is 363 g/mol. The summed E-state index contributed by atoms with van der Waals surface area (Å²) in [5.41, 5.74) is 8.97. The number of aromatic nitrogens is 3. The van der Waals surface area contributed by atoms with Crippen molar-refractivity contribution >= 4 is 11.6 Å². The molecule has 1 unspecified atom stereocenters. The summed E-state index contributed by atoms with van der Waals surface area (Å²) in [5, 5.41) is 7.64. The summed E-state index contributed by atoms with van der Waals surface area (Å²) < 4.78 is 1.76. The minimum absolute atomic E-state index is 0.0566. The molecule has 1 aliphatic rings. The minimum Gasteiger partial charge on any atom is -0.343 e. The molecule has 1 saturated carbocycles. The van der Waals surface area contributed by atoms with Crippen molar-refractivity contribution in [3.63, 3.8) is 0 Å². The van der Waals surface area contributed by atoms with Crippen molar-refractivity contribution in [3.8, 4) is 0 Å². The molecule has 0 spiro atoms. The molecule has 3 N–H and O–H groups in total. The van der Waals surface area contributed by atoms with Gasteiger partial charge < -0.3 is 11.1 Å². The summed E-state index contributed by atoms with van der Waals surface area (Å²) in [5.74, 6) is 0.337. The first kappa shape index (κ1) is 17.7. The van der Waals surface area contributed by atoms with Crippen LogP contribution in [0.3, 0.4) is 0 Å². The van der Waals surface area contributed by atoms with Crippen molar-refractivity contribution in [2.45, 2.75) is 44.7 Å². The Kier molecular flexibility index (Phi) is 5.16. The molecular weight excluding hydrogens is 338 g/mol. The average molecular weight is 363 g/mol. The molecule has 1 fully saturated rings. The standard InChI is InChI=1S/C21H25N5O/c22-12-15-11-19-24-18(14-26(19)23-13-15)20(16-7-3-1-4-8-16)25-21(27)17-9-5-2-6-10-17/h2,5-6,9-11,13-14,16,20H,1,3-4,7-8,12,22H2,(H,25,27). The van der Waals surface area contributed by atoms with Gasteiger partial charge in [0.2, 0.25) is 0 Å². The van der Waals surface area contributed by atoms with Gasteiger partial charge >= 0.3 is 0 Å². The number of carbonyl (C=O) groups is 1. The lowest BCUT2D eigenvalue weighted by Crippen LogP contribution is -2.34. The average Bonchev–Trinajstić information content (AvgIpc) is 3.16. The van der Waals surface area contributed by atoms with Gasteiger partial charge in [0.25, 0.3) is 5.91 Å². The van der Waals surface area contributed by atoms with Crippen LogP contribution in [0.5, 0.6) is 0 Å². The number of hydrogen-bond donors (Lipinski definition) is 2. The molecule has 3 aromatic rings. The van der Waals surface area contributed by atoms with Crippen LogP contribution in [0.2, 0.25) is 0 Å². The minimum atomic E-state index is -0.110. The smallest absolute Gasteiger partial charge is 0.251 e. The fraction of sp³-hybridized carbons (Fsp3) is 0.381. The van der Waals surface area contributed by atoms with Gasteiger partial charge in [-0.2, -0.15) is 5.10 Å². The number of amides is 1. The molecular formula is C21H25N5O. The van der Waals surface area contributed by atoms with Gasteiger partial charge in [-0.25, -0.2) is 9.50 Å². The van der Waals surface area contributed by atoms with Gasteiger partial charge in [0, 0.05) is 12.1 Å². The summed E-state index contributed by atoms with van der Waals surface area (Å²) in [6.45, 7) is 0.433. The Bertz CT molecular complexity index is 915. The van der Waals surface area contributed by atoms with E-state index in [2.05, 4.69) is 10.4 Å². The van der Waals surface area contributed by atoms with Gasteiger partial charge in [-0.15, -0.1) is 0 Å². The largest absolute Gasteiger partial charge is 0.343 e. The molecule has 140 valence electrons. The number of nitrogens with zero attached hydrogens (tertiary/aromatic N) is 3. The molecule has 0 bridgehead atoms. The molecule has 1 aromatic carbocycles. The number of imidazole rings is 1. The van der Waals surface area contributed by atoms with E-state index in [1.165, 1.54) is 19.3 Å². The second-order valence-electron chi connectivity index (χ2n) is 7.25. The van der Waals surface area contributed by atoms with Crippen LogP contribution in [0.15, 0.2) is 48.8 Å². The summed E-state index contributed by atoms with van der Waals surface area (Å²) >= 11 is 0. The van der Waals surface area contributed by atoms with E-state index in [9.17, 15) is 4.79 Å². The van der Waals surface area contributed by atoms with Crippen LogP contribution in [0.25, 0.3) is 5.65 Å². The van der Waals surface area contributed by atoms with Gasteiger partial charge in [0.05, 0.1) is 24.1 Å². The molecule has 6 heteroatoms. The van der Waals surface area contributed by atoms with Crippen LogP contribution >= 0.6 is 0 Å². The first-order valence-electron chi connectivity index (χ1n) is 9.65. The zero-order valence-corrected chi connectivity index (χ0v) is 15.3. The maximum Gasteiger partial charge on any atom is 0.251 e. The molecule has 27 heavy (non-hydrogen) atoms. The van der Waals surface area contributed by atoms with E-state index in [1.54, 1.807) is 10.7 Å². The third-order valence-corrected chi connectivity index (χ3v) is 5.39. The van der Waals surface area contributed by atoms with Gasteiger partial charge in [-0.1, -0.05) is 37.5 Å². The van der Waals surface area contributed by atoms with Crippen molar-refractivity contribution in [1.82, 2.24) is 19.9 Å². The topological polar surface area (TPSA) is 85.3 Å². The number of fused-ring (bicyclic) bond motifs is 1. The number of rotatable bonds is 5. The Balaban J connectivity index is 1.66. The van der Waals surface area contributed by atoms with Gasteiger partial charge in [0.15, 0.2) is 5.65 Å². The van der Waals surface area contributed by atoms with Gasteiger partial charge in [0.1, 0.15) is 0 Å². The van der Waals surface area contributed by atoms with Crippen molar-refractivity contribution < 1.29 is 4.79 Å². The molecule has 4 rings (SSSR count). The third-order valence-electron chi connectivity index (χ3n) is 5.39. The molecule has 6 nitrogen and oxygen atoms in total. The second kappa shape index (κ2) is 7.88. The van der Waals surface area contributed by atoms with E-state index in [-0.39, 0.29) is 11.9 Å². The summed E-state index contributed by atoms with van der Waals surface area (Å²) in [7, 11) is 0. The van der Waals surface area contributed by atoms with Crippen LogP contribution in [-0.2, 0) is 6.54 Å². The van der Waals surface area contributed by atoms with Crippen LogP contribution < -0.4 is 11.1 Å². The lowest BCUT2D eigenvalue weighted by atomic mass is 9.82. The maximum atomic E-state index is 12.8. The third kappa shape index (κ3) is 3.85. The van der Waals surface area contributed by atoms with E-state index >= 15 is 0 Å². The molecule has 1 aliphatic carbocycles. The highest BCUT2D eigenvalue weighted by Gasteiger charge is 2.29. The van der Waals surface area contributed by atoms with E-state index in [1.807, 2.05) is 42.6 Å². The Labute approximate surface area is 158 Å². The number of nitrogens with two attached hydrogens (primary N) is 1. The molecule has 1 amide bonds. The van der Waals surface area contributed by atoms with Crippen LogP contribution in [-0.4, -0.2) is 20.5 Å². The van der Waals surface area contributed by atoms with Crippen molar-refractivity contribution in [2.24, 2.45) is 11.7 Å². The quantitative estimate of drug-likeness (QED) is 0.729. The van der Waals surface area contributed by atoms with Gasteiger partial charge in [-0.3, -0.25) is 4.79 Å². The predicted molar refractivity (Wildman–Crippen MR) is 104 cm³/mol. The van der Waals surface area contributed by atoms with Crippen LogP contribution in [0.4, 0.5) is 0 Å². The fourth-order valence-electron chi connectivity index (χ4n) is 3.91. The van der Waals surface area contributed by atoms with Crippen LogP contribution in [0, 0.1) is 5.92 Å².